The molecule has 2 heterocycles. The Morgan fingerprint density at radius 3 is 3.00 bits per heavy atom. The molecule has 0 saturated heterocycles. The van der Waals surface area contributed by atoms with Gasteiger partial charge in [0.25, 0.3) is 0 Å². The number of carboxylic acid groups (broad SMARTS) is 1. The molecule has 0 radical (unpaired) electrons. The number of carboxylic acids is 1. The first-order valence-electron chi connectivity index (χ1n) is 4.57. The molecule has 16 heavy (non-hydrogen) atoms. The first-order valence-corrected chi connectivity index (χ1v) is 5.55. The van der Waals surface area contributed by atoms with E-state index in [1.54, 1.807) is 12.4 Å². The van der Waals surface area contributed by atoms with Crippen LogP contribution < -0.4 is 0 Å². The number of pyridine rings is 1. The summed E-state index contributed by atoms with van der Waals surface area (Å²) in [6.45, 7) is 0. The van der Waals surface area contributed by atoms with E-state index in [0.29, 0.717) is 5.16 Å². The van der Waals surface area contributed by atoms with Gasteiger partial charge in [0.15, 0.2) is 5.16 Å². The lowest BCUT2D eigenvalue weighted by Crippen LogP contribution is -1.97. The van der Waals surface area contributed by atoms with Crippen molar-refractivity contribution < 1.29 is 9.90 Å². The Kier molecular flexibility index (Phi) is 3.21. The Hall–Kier alpha value is -1.82. The number of H-pyrrole nitrogens is 1. The van der Waals surface area contributed by atoms with Gasteiger partial charge in [0.2, 0.25) is 0 Å². The van der Waals surface area contributed by atoms with Gasteiger partial charge in [-0.3, -0.25) is 9.78 Å². The van der Waals surface area contributed by atoms with E-state index in [1.165, 1.54) is 0 Å². The van der Waals surface area contributed by atoms with Crippen LogP contribution in [-0.2, 0) is 4.79 Å². The van der Waals surface area contributed by atoms with Crippen LogP contribution in [0.4, 0.5) is 0 Å². The average molecular weight is 235 g/mol. The monoisotopic (exact) mass is 235 g/mol. The Morgan fingerprint density at radius 2 is 2.31 bits per heavy atom. The van der Waals surface area contributed by atoms with E-state index in [0.717, 1.165) is 23.1 Å². The Labute approximate surface area is 95.9 Å². The molecule has 0 aliphatic rings. The van der Waals surface area contributed by atoms with Crippen molar-refractivity contribution in [1.82, 2.24) is 15.0 Å². The summed E-state index contributed by atoms with van der Waals surface area (Å²) in [6, 6.07) is 5.58. The Balaban J connectivity index is 2.11. The molecule has 0 saturated carbocycles. The van der Waals surface area contributed by atoms with Gasteiger partial charge >= 0.3 is 5.97 Å². The number of nitrogens with one attached hydrogen (secondary N) is 1. The molecule has 0 aliphatic heterocycles. The van der Waals surface area contributed by atoms with Crippen molar-refractivity contribution in [3.63, 3.8) is 0 Å². The summed E-state index contributed by atoms with van der Waals surface area (Å²) in [6.07, 6.45) is 3.34. The maximum atomic E-state index is 10.4. The number of carbonyl (C=O) groups is 1. The lowest BCUT2D eigenvalue weighted by Gasteiger charge is -1.94. The van der Waals surface area contributed by atoms with E-state index < -0.39 is 5.97 Å². The number of imidazole rings is 1. The molecule has 2 aromatic heterocycles. The topological polar surface area (TPSA) is 78.9 Å². The number of nitrogens with zero attached hydrogens (tertiary/aromatic N) is 2. The second-order valence-corrected chi connectivity index (χ2v) is 3.96. The molecule has 0 aromatic carbocycles. The SMILES string of the molecule is O=C(O)CSc1ncc(-c2ccccn2)[nH]1. The highest BCUT2D eigenvalue weighted by molar-refractivity contribution is 7.99. The third-order valence-corrected chi connectivity index (χ3v) is 2.70. The minimum absolute atomic E-state index is 0.00479. The molecular formula is C10H9N3O2S. The smallest absolute Gasteiger partial charge is 0.313 e. The lowest BCUT2D eigenvalue weighted by atomic mass is 10.3. The van der Waals surface area contributed by atoms with Crippen LogP contribution in [0.1, 0.15) is 0 Å². The fourth-order valence-electron chi connectivity index (χ4n) is 1.16. The summed E-state index contributed by atoms with van der Waals surface area (Å²) in [5, 5.41) is 9.11. The maximum absolute atomic E-state index is 10.4. The summed E-state index contributed by atoms with van der Waals surface area (Å²) in [5.41, 5.74) is 1.57. The highest BCUT2D eigenvalue weighted by Gasteiger charge is 2.06. The van der Waals surface area contributed by atoms with Gasteiger partial charge in [-0.25, -0.2) is 4.98 Å². The molecule has 2 N–H and O–H groups in total. The molecule has 82 valence electrons. The first-order chi connectivity index (χ1) is 7.75. The van der Waals surface area contributed by atoms with Gasteiger partial charge in [-0.2, -0.15) is 0 Å². The van der Waals surface area contributed by atoms with E-state index in [4.69, 9.17) is 5.11 Å². The molecular weight excluding hydrogens is 226 g/mol. The van der Waals surface area contributed by atoms with Gasteiger partial charge in [-0.15, -0.1) is 0 Å². The highest BCUT2D eigenvalue weighted by atomic mass is 32.2. The molecule has 0 atom stereocenters. The zero-order valence-electron chi connectivity index (χ0n) is 8.25. The minimum Gasteiger partial charge on any atom is -0.481 e. The lowest BCUT2D eigenvalue weighted by molar-refractivity contribution is -0.133. The molecule has 2 aromatic rings. The number of hydrogen-bond acceptors (Lipinski definition) is 4. The number of rotatable bonds is 4. The zero-order valence-corrected chi connectivity index (χ0v) is 9.07. The van der Waals surface area contributed by atoms with E-state index >= 15 is 0 Å². The summed E-state index contributed by atoms with van der Waals surface area (Å²) < 4.78 is 0. The Bertz CT molecular complexity index is 484. The third-order valence-electron chi connectivity index (χ3n) is 1.83. The van der Waals surface area contributed by atoms with E-state index in [2.05, 4.69) is 15.0 Å². The van der Waals surface area contributed by atoms with Crippen LogP contribution in [0.5, 0.6) is 0 Å². The number of aromatic nitrogens is 3. The van der Waals surface area contributed by atoms with Gasteiger partial charge in [-0.05, 0) is 12.1 Å². The largest absolute Gasteiger partial charge is 0.481 e. The van der Waals surface area contributed by atoms with Crippen LogP contribution in [0.2, 0.25) is 0 Å². The maximum Gasteiger partial charge on any atom is 0.313 e. The predicted octanol–water partition coefficient (Wildman–Crippen LogP) is 1.65. The summed E-state index contributed by atoms with van der Waals surface area (Å²) in [7, 11) is 0. The minimum atomic E-state index is -0.860. The van der Waals surface area contributed by atoms with Crippen molar-refractivity contribution in [2.24, 2.45) is 0 Å². The molecule has 0 spiro atoms. The number of thioether (sulfide) groups is 1. The van der Waals surface area contributed by atoms with Crippen molar-refractivity contribution in [3.05, 3.63) is 30.6 Å². The fraction of sp³-hybridized carbons (Fsp3) is 0.100. The molecule has 6 heteroatoms. The van der Waals surface area contributed by atoms with Crippen molar-refractivity contribution in [2.75, 3.05) is 5.75 Å². The molecule has 0 amide bonds. The summed E-state index contributed by atoms with van der Waals surface area (Å²) in [5.74, 6) is -0.865. The normalized spacial score (nSPS) is 10.2. The molecule has 0 aliphatic carbocycles. The second-order valence-electron chi connectivity index (χ2n) is 3.00. The van der Waals surface area contributed by atoms with Crippen molar-refractivity contribution in [2.45, 2.75) is 5.16 Å². The van der Waals surface area contributed by atoms with Crippen LogP contribution >= 0.6 is 11.8 Å². The van der Waals surface area contributed by atoms with Crippen LogP contribution in [0.3, 0.4) is 0 Å². The summed E-state index contributed by atoms with van der Waals surface area (Å²) in [4.78, 5) is 21.6. The van der Waals surface area contributed by atoms with Crippen LogP contribution in [0.25, 0.3) is 11.4 Å². The van der Waals surface area contributed by atoms with E-state index in [9.17, 15) is 4.79 Å². The van der Waals surface area contributed by atoms with Crippen LogP contribution in [0.15, 0.2) is 35.7 Å². The number of aromatic amines is 1. The van der Waals surface area contributed by atoms with E-state index in [-0.39, 0.29) is 5.75 Å². The molecule has 0 unspecified atom stereocenters. The third kappa shape index (κ3) is 2.60. The average Bonchev–Trinajstić information content (AvgIpc) is 2.76. The standard InChI is InChI=1S/C10H9N3O2S/c14-9(15)6-16-10-12-5-8(13-10)7-3-1-2-4-11-7/h1-5H,6H2,(H,12,13)(H,14,15). The second kappa shape index (κ2) is 4.80. The molecule has 2 rings (SSSR count). The van der Waals surface area contributed by atoms with Crippen molar-refractivity contribution in [1.29, 1.82) is 0 Å². The first kappa shape index (κ1) is 10.7. The Morgan fingerprint density at radius 1 is 1.44 bits per heavy atom. The van der Waals surface area contributed by atoms with Crippen molar-refractivity contribution >= 4 is 17.7 Å². The van der Waals surface area contributed by atoms with Gasteiger partial charge in [0, 0.05) is 6.20 Å². The zero-order chi connectivity index (χ0) is 11.4. The van der Waals surface area contributed by atoms with Crippen LogP contribution in [-0.4, -0.2) is 31.8 Å². The number of hydrogen-bond donors (Lipinski definition) is 2. The number of aliphatic carboxylic acids is 1. The van der Waals surface area contributed by atoms with Gasteiger partial charge in [-0.1, -0.05) is 17.8 Å². The fourth-order valence-corrected chi connectivity index (χ4v) is 1.73. The molecule has 5 nitrogen and oxygen atoms in total. The quantitative estimate of drug-likeness (QED) is 0.788. The molecule has 0 bridgehead atoms. The predicted molar refractivity (Wildman–Crippen MR) is 60.2 cm³/mol. The summed E-state index contributed by atoms with van der Waals surface area (Å²) >= 11 is 1.15. The van der Waals surface area contributed by atoms with Gasteiger partial charge in [0.1, 0.15) is 0 Å². The van der Waals surface area contributed by atoms with Gasteiger partial charge < -0.3 is 10.1 Å². The highest BCUT2D eigenvalue weighted by Crippen LogP contribution is 2.19. The van der Waals surface area contributed by atoms with Crippen LogP contribution in [0, 0.1) is 0 Å². The van der Waals surface area contributed by atoms with Gasteiger partial charge in [0.05, 0.1) is 23.3 Å². The molecule has 0 fully saturated rings. The van der Waals surface area contributed by atoms with E-state index in [1.807, 2.05) is 18.2 Å². The van der Waals surface area contributed by atoms with Crippen molar-refractivity contribution in [3.8, 4) is 11.4 Å².